The van der Waals surface area contributed by atoms with Crippen LogP contribution in [-0.2, 0) is 13.0 Å². The minimum Gasteiger partial charge on any atom is -0.497 e. The van der Waals surface area contributed by atoms with E-state index < -0.39 is 17.5 Å². The van der Waals surface area contributed by atoms with Gasteiger partial charge in [-0.05, 0) is 55.2 Å². The normalized spacial score (nSPS) is 11.0. The Morgan fingerprint density at radius 2 is 1.80 bits per heavy atom. The second-order valence-electron chi connectivity index (χ2n) is 7.31. The van der Waals surface area contributed by atoms with Crippen molar-refractivity contribution in [3.8, 4) is 16.9 Å². The Balaban J connectivity index is 2.19. The van der Waals surface area contributed by atoms with E-state index >= 15 is 0 Å². The Morgan fingerprint density at radius 1 is 1.10 bits per heavy atom. The zero-order chi connectivity index (χ0) is 21.8. The highest BCUT2D eigenvalue weighted by Gasteiger charge is 2.24. The molecule has 3 rings (SSSR count). The molecule has 1 aromatic heterocycles. The van der Waals surface area contributed by atoms with Crippen LogP contribution < -0.4 is 10.5 Å². The van der Waals surface area contributed by atoms with Crippen molar-refractivity contribution in [3.05, 3.63) is 76.6 Å². The summed E-state index contributed by atoms with van der Waals surface area (Å²) in [6.07, 6.45) is 2.63. The van der Waals surface area contributed by atoms with Crippen LogP contribution in [-0.4, -0.2) is 17.6 Å². The quantitative estimate of drug-likeness (QED) is 0.550. The van der Waals surface area contributed by atoms with Crippen molar-refractivity contribution in [2.24, 2.45) is 5.73 Å². The lowest BCUT2D eigenvalue weighted by Gasteiger charge is -2.14. The average molecular weight is 412 g/mol. The monoisotopic (exact) mass is 412 g/mol. The number of halogens is 2. The average Bonchev–Trinajstić information content (AvgIpc) is 3.01. The molecule has 0 fully saturated rings. The number of ether oxygens (including phenoxy) is 1. The summed E-state index contributed by atoms with van der Waals surface area (Å²) in [5.74, 6) is -1.57. The summed E-state index contributed by atoms with van der Waals surface area (Å²) in [6.45, 7) is 4.25. The van der Waals surface area contributed by atoms with E-state index in [2.05, 4.69) is 6.92 Å². The van der Waals surface area contributed by atoms with Gasteiger partial charge in [-0.15, -0.1) is 0 Å². The molecule has 1 amide bonds. The Hall–Kier alpha value is -3.15. The second-order valence-corrected chi connectivity index (χ2v) is 7.31. The van der Waals surface area contributed by atoms with Gasteiger partial charge in [-0.25, -0.2) is 8.78 Å². The summed E-state index contributed by atoms with van der Waals surface area (Å²) < 4.78 is 34.4. The lowest BCUT2D eigenvalue weighted by atomic mass is 9.97. The topological polar surface area (TPSA) is 57.2 Å². The third-order valence-corrected chi connectivity index (χ3v) is 5.35. The predicted octanol–water partition coefficient (Wildman–Crippen LogP) is 5.24. The number of nitrogens with zero attached hydrogens (tertiary/aromatic N) is 1. The fourth-order valence-electron chi connectivity index (χ4n) is 3.81. The Labute approximate surface area is 175 Å². The van der Waals surface area contributed by atoms with Crippen molar-refractivity contribution < 1.29 is 18.3 Å². The van der Waals surface area contributed by atoms with Crippen LogP contribution in [0, 0.1) is 18.6 Å². The molecule has 4 nitrogen and oxygen atoms in total. The molecule has 2 N–H and O–H groups in total. The molecule has 1 heterocycles. The SMILES string of the molecule is CCCCc1c(-c2ccc(OC)cc2)c(C(N)=O)c(C)n1Cc1ccc(F)c(F)c1. The largest absolute Gasteiger partial charge is 0.497 e. The van der Waals surface area contributed by atoms with Crippen LogP contribution in [0.15, 0.2) is 42.5 Å². The summed E-state index contributed by atoms with van der Waals surface area (Å²) in [6, 6.07) is 11.3. The molecule has 0 unspecified atom stereocenters. The summed E-state index contributed by atoms with van der Waals surface area (Å²) >= 11 is 0. The molecule has 0 radical (unpaired) electrons. The van der Waals surface area contributed by atoms with E-state index in [1.54, 1.807) is 13.2 Å². The van der Waals surface area contributed by atoms with Gasteiger partial charge in [-0.3, -0.25) is 4.79 Å². The fraction of sp³-hybridized carbons (Fsp3) is 0.292. The van der Waals surface area contributed by atoms with Crippen LogP contribution in [0.5, 0.6) is 5.75 Å². The third-order valence-electron chi connectivity index (χ3n) is 5.35. The molecule has 158 valence electrons. The number of benzene rings is 2. The fourth-order valence-corrected chi connectivity index (χ4v) is 3.81. The third kappa shape index (κ3) is 4.22. The predicted molar refractivity (Wildman–Crippen MR) is 114 cm³/mol. The highest BCUT2D eigenvalue weighted by molar-refractivity contribution is 6.02. The Kier molecular flexibility index (Phi) is 6.55. The maximum Gasteiger partial charge on any atom is 0.251 e. The number of amides is 1. The summed E-state index contributed by atoms with van der Waals surface area (Å²) in [4.78, 5) is 12.4. The highest BCUT2D eigenvalue weighted by atomic mass is 19.2. The van der Waals surface area contributed by atoms with Gasteiger partial charge in [0.1, 0.15) is 5.75 Å². The van der Waals surface area contributed by atoms with Crippen LogP contribution in [0.1, 0.15) is 47.1 Å². The minimum absolute atomic E-state index is 0.318. The molecule has 0 atom stereocenters. The summed E-state index contributed by atoms with van der Waals surface area (Å²) in [5.41, 5.74) is 10.2. The van der Waals surface area contributed by atoms with Gasteiger partial charge in [-0.2, -0.15) is 0 Å². The van der Waals surface area contributed by atoms with E-state index in [1.165, 1.54) is 6.07 Å². The van der Waals surface area contributed by atoms with Crippen molar-refractivity contribution in [2.45, 2.75) is 39.7 Å². The number of hydrogen-bond donors (Lipinski definition) is 1. The van der Waals surface area contributed by atoms with Crippen LogP contribution >= 0.6 is 0 Å². The van der Waals surface area contributed by atoms with Crippen molar-refractivity contribution in [1.29, 1.82) is 0 Å². The van der Waals surface area contributed by atoms with Gasteiger partial charge in [0, 0.05) is 23.5 Å². The van der Waals surface area contributed by atoms with Crippen molar-refractivity contribution in [3.63, 3.8) is 0 Å². The lowest BCUT2D eigenvalue weighted by molar-refractivity contribution is 0.1000. The molecule has 0 saturated heterocycles. The first-order chi connectivity index (χ1) is 14.4. The van der Waals surface area contributed by atoms with E-state index in [4.69, 9.17) is 10.5 Å². The van der Waals surface area contributed by atoms with E-state index in [0.717, 1.165) is 42.1 Å². The first-order valence-electron chi connectivity index (χ1n) is 9.97. The van der Waals surface area contributed by atoms with E-state index in [-0.39, 0.29) is 0 Å². The van der Waals surface area contributed by atoms with Gasteiger partial charge < -0.3 is 15.0 Å². The molecule has 0 aliphatic carbocycles. The van der Waals surface area contributed by atoms with Crippen molar-refractivity contribution in [1.82, 2.24) is 4.57 Å². The minimum atomic E-state index is -0.891. The number of methoxy groups -OCH3 is 1. The van der Waals surface area contributed by atoms with Crippen LogP contribution in [0.25, 0.3) is 11.1 Å². The zero-order valence-electron chi connectivity index (χ0n) is 17.5. The number of nitrogens with two attached hydrogens (primary N) is 1. The zero-order valence-corrected chi connectivity index (χ0v) is 17.5. The summed E-state index contributed by atoms with van der Waals surface area (Å²) in [5, 5.41) is 0. The standard InChI is InChI=1S/C24H26F2N2O2/c1-4-5-6-21-23(17-8-10-18(30-3)11-9-17)22(24(27)29)15(2)28(21)14-16-7-12-19(25)20(26)13-16/h7-13H,4-6,14H2,1-3H3,(H2,27,29). The van der Waals surface area contributed by atoms with Gasteiger partial charge >= 0.3 is 0 Å². The number of rotatable bonds is 8. The van der Waals surface area contributed by atoms with Crippen molar-refractivity contribution >= 4 is 5.91 Å². The van der Waals surface area contributed by atoms with Crippen LogP contribution in [0.2, 0.25) is 0 Å². The molecule has 0 bridgehead atoms. The van der Waals surface area contributed by atoms with Gasteiger partial charge in [0.25, 0.3) is 5.91 Å². The van der Waals surface area contributed by atoms with E-state index in [1.807, 2.05) is 35.8 Å². The molecule has 2 aromatic carbocycles. The number of unbranched alkanes of at least 4 members (excludes halogenated alkanes) is 1. The first-order valence-corrected chi connectivity index (χ1v) is 9.97. The van der Waals surface area contributed by atoms with Crippen molar-refractivity contribution in [2.75, 3.05) is 7.11 Å². The first kappa shape index (κ1) is 21.6. The molecule has 3 aromatic rings. The van der Waals surface area contributed by atoms with Gasteiger partial charge in [0.2, 0.25) is 0 Å². The molecular weight excluding hydrogens is 386 g/mol. The number of aromatic nitrogens is 1. The van der Waals surface area contributed by atoms with E-state index in [0.29, 0.717) is 29.1 Å². The molecule has 0 spiro atoms. The second kappa shape index (κ2) is 9.11. The Morgan fingerprint density at radius 3 is 2.37 bits per heavy atom. The van der Waals surface area contributed by atoms with Gasteiger partial charge in [0.15, 0.2) is 11.6 Å². The lowest BCUT2D eigenvalue weighted by Crippen LogP contribution is -2.13. The number of primary amides is 1. The smallest absolute Gasteiger partial charge is 0.251 e. The Bertz CT molecular complexity index is 1060. The molecule has 0 aliphatic heterocycles. The van der Waals surface area contributed by atoms with Crippen LogP contribution in [0.4, 0.5) is 8.78 Å². The molecule has 6 heteroatoms. The molecule has 0 saturated carbocycles. The van der Waals surface area contributed by atoms with Gasteiger partial charge in [-0.1, -0.05) is 31.5 Å². The van der Waals surface area contributed by atoms with E-state index in [9.17, 15) is 13.6 Å². The molecular formula is C24H26F2N2O2. The molecule has 30 heavy (non-hydrogen) atoms. The maximum absolute atomic E-state index is 13.8. The van der Waals surface area contributed by atoms with Gasteiger partial charge in [0.05, 0.1) is 12.7 Å². The number of hydrogen-bond acceptors (Lipinski definition) is 2. The highest BCUT2D eigenvalue weighted by Crippen LogP contribution is 2.35. The van der Waals surface area contributed by atoms with Crippen LogP contribution in [0.3, 0.4) is 0 Å². The molecule has 0 aliphatic rings. The summed E-state index contributed by atoms with van der Waals surface area (Å²) in [7, 11) is 1.60. The maximum atomic E-state index is 13.8. The number of carbonyl (C=O) groups excluding carboxylic acids is 1. The number of carbonyl (C=O) groups is 1.